The van der Waals surface area contributed by atoms with Gasteiger partial charge in [-0.05, 0) is 24.6 Å². The van der Waals surface area contributed by atoms with Crippen molar-refractivity contribution >= 4 is 22.5 Å². The number of carbonyl (C=O) groups excluding carboxylic acids is 1. The third kappa shape index (κ3) is 3.26. The van der Waals surface area contributed by atoms with Gasteiger partial charge in [0.25, 0.3) is 11.5 Å². The van der Waals surface area contributed by atoms with Gasteiger partial charge in [0.2, 0.25) is 0 Å². The van der Waals surface area contributed by atoms with Gasteiger partial charge >= 0.3 is 0 Å². The van der Waals surface area contributed by atoms with Crippen molar-refractivity contribution in [2.24, 2.45) is 0 Å². The molecular weight excluding hydrogens is 292 g/mol. The first-order chi connectivity index (χ1) is 11.2. The Morgan fingerprint density at radius 2 is 2.04 bits per heavy atom. The Balaban J connectivity index is 1.85. The molecular formula is C17H16N4O2. The van der Waals surface area contributed by atoms with E-state index in [1.807, 2.05) is 37.3 Å². The summed E-state index contributed by atoms with van der Waals surface area (Å²) in [6, 6.07) is 12.3. The van der Waals surface area contributed by atoms with Crippen molar-refractivity contribution in [2.75, 3.05) is 5.32 Å². The zero-order valence-electron chi connectivity index (χ0n) is 12.7. The molecule has 0 atom stereocenters. The topological polar surface area (TPSA) is 76.9 Å². The molecule has 23 heavy (non-hydrogen) atoms. The number of benzene rings is 1. The number of nitrogens with one attached hydrogen (secondary N) is 1. The number of fused-ring (bicyclic) bond motifs is 1. The first-order valence-corrected chi connectivity index (χ1v) is 7.41. The molecule has 0 aliphatic rings. The van der Waals surface area contributed by atoms with Crippen molar-refractivity contribution < 1.29 is 4.79 Å². The second kappa shape index (κ2) is 6.39. The summed E-state index contributed by atoms with van der Waals surface area (Å²) >= 11 is 0. The number of hydrogen-bond donors (Lipinski definition) is 1. The molecule has 0 bridgehead atoms. The fourth-order valence-corrected chi connectivity index (χ4v) is 2.28. The van der Waals surface area contributed by atoms with E-state index >= 15 is 0 Å². The molecule has 0 saturated carbocycles. The summed E-state index contributed by atoms with van der Waals surface area (Å²) < 4.78 is 1.30. The maximum atomic E-state index is 12.3. The van der Waals surface area contributed by atoms with Gasteiger partial charge in [0, 0.05) is 18.0 Å². The normalized spacial score (nSPS) is 10.7. The second-order valence-corrected chi connectivity index (χ2v) is 5.15. The standard InChI is InChI=1S/C17H16N4O2/c1-2-9-21-16(22)8-7-15(20-21)17(23)19-13-10-12-5-3-4-6-14(12)18-11-13/h3-8,10-11H,2,9H2,1H3,(H,19,23). The SMILES string of the molecule is CCCn1nc(C(=O)Nc2cnc3ccccc3c2)ccc1=O. The quantitative estimate of drug-likeness (QED) is 0.803. The lowest BCUT2D eigenvalue weighted by Gasteiger charge is -2.07. The average molecular weight is 308 g/mol. The Bertz CT molecular complexity index is 918. The number of hydrogen-bond acceptors (Lipinski definition) is 4. The summed E-state index contributed by atoms with van der Waals surface area (Å²) in [6.07, 6.45) is 2.37. The average Bonchev–Trinajstić information content (AvgIpc) is 2.57. The van der Waals surface area contributed by atoms with Gasteiger partial charge in [-0.15, -0.1) is 0 Å². The molecule has 6 heteroatoms. The summed E-state index contributed by atoms with van der Waals surface area (Å²) in [7, 11) is 0. The summed E-state index contributed by atoms with van der Waals surface area (Å²) in [4.78, 5) is 28.2. The number of para-hydroxylation sites is 1. The molecule has 1 amide bonds. The van der Waals surface area contributed by atoms with E-state index in [1.54, 1.807) is 6.20 Å². The van der Waals surface area contributed by atoms with E-state index in [4.69, 9.17) is 0 Å². The number of pyridine rings is 1. The zero-order valence-corrected chi connectivity index (χ0v) is 12.7. The van der Waals surface area contributed by atoms with E-state index in [2.05, 4.69) is 15.4 Å². The first kappa shape index (κ1) is 14.9. The maximum absolute atomic E-state index is 12.3. The zero-order chi connectivity index (χ0) is 16.2. The predicted octanol–water partition coefficient (Wildman–Crippen LogP) is 2.45. The largest absolute Gasteiger partial charge is 0.319 e. The molecule has 0 aliphatic carbocycles. The van der Waals surface area contributed by atoms with Crippen LogP contribution in [0.2, 0.25) is 0 Å². The Kier molecular flexibility index (Phi) is 4.14. The van der Waals surface area contributed by atoms with Gasteiger partial charge in [0.05, 0.1) is 17.4 Å². The lowest BCUT2D eigenvalue weighted by atomic mass is 10.2. The van der Waals surface area contributed by atoms with E-state index in [0.29, 0.717) is 12.2 Å². The van der Waals surface area contributed by atoms with Crippen LogP contribution in [0.1, 0.15) is 23.8 Å². The van der Waals surface area contributed by atoms with Crippen molar-refractivity contribution in [3.05, 3.63) is 64.7 Å². The Morgan fingerprint density at radius 1 is 1.22 bits per heavy atom. The van der Waals surface area contributed by atoms with Crippen LogP contribution in [0, 0.1) is 0 Å². The number of carbonyl (C=O) groups is 1. The lowest BCUT2D eigenvalue weighted by molar-refractivity contribution is 0.101. The number of amides is 1. The van der Waals surface area contributed by atoms with Crippen molar-refractivity contribution in [1.82, 2.24) is 14.8 Å². The van der Waals surface area contributed by atoms with Crippen LogP contribution in [-0.2, 0) is 6.54 Å². The van der Waals surface area contributed by atoms with Gasteiger partial charge < -0.3 is 5.32 Å². The monoisotopic (exact) mass is 308 g/mol. The van der Waals surface area contributed by atoms with E-state index in [9.17, 15) is 9.59 Å². The minimum Gasteiger partial charge on any atom is -0.319 e. The van der Waals surface area contributed by atoms with Crippen LogP contribution in [0.25, 0.3) is 10.9 Å². The second-order valence-electron chi connectivity index (χ2n) is 5.15. The summed E-state index contributed by atoms with van der Waals surface area (Å²) in [6.45, 7) is 2.43. The molecule has 2 aromatic heterocycles. The highest BCUT2D eigenvalue weighted by molar-refractivity contribution is 6.03. The highest BCUT2D eigenvalue weighted by atomic mass is 16.2. The van der Waals surface area contributed by atoms with E-state index < -0.39 is 0 Å². The van der Waals surface area contributed by atoms with E-state index in [0.717, 1.165) is 17.3 Å². The minimum absolute atomic E-state index is 0.200. The van der Waals surface area contributed by atoms with Crippen LogP contribution in [0.15, 0.2) is 53.5 Å². The third-order valence-electron chi connectivity index (χ3n) is 3.38. The molecule has 0 saturated heterocycles. The summed E-state index contributed by atoms with van der Waals surface area (Å²) in [5, 5.41) is 7.79. The minimum atomic E-state index is -0.369. The molecule has 0 aliphatic heterocycles. The Labute approximate surface area is 132 Å². The molecule has 3 aromatic rings. The van der Waals surface area contributed by atoms with Crippen LogP contribution >= 0.6 is 0 Å². The number of aromatic nitrogens is 3. The maximum Gasteiger partial charge on any atom is 0.276 e. The molecule has 0 spiro atoms. The van der Waals surface area contributed by atoms with Gasteiger partial charge in [-0.25, -0.2) is 4.68 Å². The molecule has 6 nitrogen and oxygen atoms in total. The predicted molar refractivity (Wildman–Crippen MR) is 88.5 cm³/mol. The highest BCUT2D eigenvalue weighted by Crippen LogP contribution is 2.16. The van der Waals surface area contributed by atoms with Gasteiger partial charge in [-0.2, -0.15) is 5.10 Å². The number of anilines is 1. The van der Waals surface area contributed by atoms with Crippen LogP contribution in [-0.4, -0.2) is 20.7 Å². The van der Waals surface area contributed by atoms with Crippen LogP contribution in [0.3, 0.4) is 0 Å². The number of nitrogens with zero attached hydrogens (tertiary/aromatic N) is 3. The Hall–Kier alpha value is -3.02. The molecule has 116 valence electrons. The molecule has 0 fully saturated rings. The van der Waals surface area contributed by atoms with Crippen molar-refractivity contribution in [1.29, 1.82) is 0 Å². The van der Waals surface area contributed by atoms with Gasteiger partial charge in [0.1, 0.15) is 5.69 Å². The van der Waals surface area contributed by atoms with E-state index in [-0.39, 0.29) is 17.2 Å². The number of rotatable bonds is 4. The molecule has 0 unspecified atom stereocenters. The fraction of sp³-hybridized carbons (Fsp3) is 0.176. The highest BCUT2D eigenvalue weighted by Gasteiger charge is 2.10. The third-order valence-corrected chi connectivity index (χ3v) is 3.38. The molecule has 2 heterocycles. The summed E-state index contributed by atoms with van der Waals surface area (Å²) in [5.41, 5.74) is 1.44. The van der Waals surface area contributed by atoms with Crippen LogP contribution in [0.4, 0.5) is 5.69 Å². The van der Waals surface area contributed by atoms with Crippen LogP contribution in [0.5, 0.6) is 0 Å². The smallest absolute Gasteiger partial charge is 0.276 e. The van der Waals surface area contributed by atoms with Crippen molar-refractivity contribution in [2.45, 2.75) is 19.9 Å². The fourth-order valence-electron chi connectivity index (χ4n) is 2.28. The number of aryl methyl sites for hydroxylation is 1. The molecule has 3 rings (SSSR count). The lowest BCUT2D eigenvalue weighted by Crippen LogP contribution is -2.26. The Morgan fingerprint density at radius 3 is 2.87 bits per heavy atom. The molecule has 0 radical (unpaired) electrons. The first-order valence-electron chi connectivity index (χ1n) is 7.41. The van der Waals surface area contributed by atoms with E-state index in [1.165, 1.54) is 16.8 Å². The van der Waals surface area contributed by atoms with Gasteiger partial charge in [0.15, 0.2) is 0 Å². The summed E-state index contributed by atoms with van der Waals surface area (Å²) in [5.74, 6) is -0.369. The van der Waals surface area contributed by atoms with Crippen LogP contribution < -0.4 is 10.9 Å². The van der Waals surface area contributed by atoms with Gasteiger partial charge in [-0.1, -0.05) is 25.1 Å². The molecule has 1 aromatic carbocycles. The van der Waals surface area contributed by atoms with Crippen molar-refractivity contribution in [3.63, 3.8) is 0 Å². The van der Waals surface area contributed by atoms with Gasteiger partial charge in [-0.3, -0.25) is 14.6 Å². The van der Waals surface area contributed by atoms with Crippen molar-refractivity contribution in [3.8, 4) is 0 Å². The molecule has 1 N–H and O–H groups in total.